The zero-order valence-electron chi connectivity index (χ0n) is 13.7. The van der Waals surface area contributed by atoms with Crippen LogP contribution in [0.25, 0.3) is 0 Å². The van der Waals surface area contributed by atoms with E-state index in [0.29, 0.717) is 42.4 Å². The smallest absolute Gasteiger partial charge is 0.224 e. The summed E-state index contributed by atoms with van der Waals surface area (Å²) in [5, 5.41) is 2.79. The zero-order valence-corrected chi connectivity index (χ0v) is 13.7. The first-order chi connectivity index (χ1) is 11.6. The van der Waals surface area contributed by atoms with Gasteiger partial charge in [0.1, 0.15) is 23.1 Å². The highest BCUT2D eigenvalue weighted by Gasteiger charge is 2.06. The minimum Gasteiger partial charge on any atom is -0.497 e. The summed E-state index contributed by atoms with van der Waals surface area (Å²) in [4.78, 5) is 12.0. The third kappa shape index (κ3) is 5.46. The van der Waals surface area contributed by atoms with Gasteiger partial charge < -0.3 is 19.5 Å². The van der Waals surface area contributed by atoms with Crippen LogP contribution in [0.2, 0.25) is 0 Å². The van der Waals surface area contributed by atoms with Crippen LogP contribution < -0.4 is 19.5 Å². The third-order valence-electron chi connectivity index (χ3n) is 3.27. The molecule has 0 aliphatic rings. The van der Waals surface area contributed by atoms with Gasteiger partial charge >= 0.3 is 0 Å². The number of methoxy groups -OCH3 is 2. The average molecular weight is 333 g/mol. The summed E-state index contributed by atoms with van der Waals surface area (Å²) >= 11 is 0. The predicted molar refractivity (Wildman–Crippen MR) is 89.3 cm³/mol. The maximum atomic E-state index is 12.8. The van der Waals surface area contributed by atoms with E-state index in [1.54, 1.807) is 44.6 Å². The number of ether oxygens (including phenoxy) is 3. The van der Waals surface area contributed by atoms with Crippen LogP contribution >= 0.6 is 0 Å². The van der Waals surface area contributed by atoms with Gasteiger partial charge in [-0.2, -0.15) is 0 Å². The number of hydrogen-bond donors (Lipinski definition) is 1. The molecule has 0 radical (unpaired) electrons. The molecule has 0 aliphatic heterocycles. The summed E-state index contributed by atoms with van der Waals surface area (Å²) in [6, 6.07) is 10.9. The van der Waals surface area contributed by atoms with Crippen molar-refractivity contribution in [2.75, 3.05) is 26.1 Å². The molecule has 5 nitrogen and oxygen atoms in total. The average Bonchev–Trinajstić information content (AvgIpc) is 2.59. The molecule has 24 heavy (non-hydrogen) atoms. The maximum absolute atomic E-state index is 12.8. The Labute approximate surface area is 140 Å². The second-order valence-electron chi connectivity index (χ2n) is 5.06. The summed E-state index contributed by atoms with van der Waals surface area (Å²) in [6.45, 7) is 0.375. The Balaban J connectivity index is 1.78. The summed E-state index contributed by atoms with van der Waals surface area (Å²) < 4.78 is 28.5. The highest BCUT2D eigenvalue weighted by molar-refractivity contribution is 5.91. The molecular weight excluding hydrogens is 313 g/mol. The molecule has 0 saturated heterocycles. The van der Waals surface area contributed by atoms with E-state index in [1.807, 2.05) is 0 Å². The van der Waals surface area contributed by atoms with Gasteiger partial charge in [0.05, 0.1) is 20.8 Å². The second kappa shape index (κ2) is 8.76. The molecule has 0 spiro atoms. The molecular formula is C18H20FNO4. The van der Waals surface area contributed by atoms with Gasteiger partial charge in [0.2, 0.25) is 5.91 Å². The lowest BCUT2D eigenvalue weighted by Gasteiger charge is -2.10. The fourth-order valence-corrected chi connectivity index (χ4v) is 2.06. The summed E-state index contributed by atoms with van der Waals surface area (Å²) in [7, 11) is 3.10. The molecule has 0 saturated carbocycles. The zero-order chi connectivity index (χ0) is 17.4. The molecule has 2 rings (SSSR count). The van der Waals surface area contributed by atoms with Crippen molar-refractivity contribution < 1.29 is 23.4 Å². The van der Waals surface area contributed by atoms with E-state index in [9.17, 15) is 9.18 Å². The molecule has 0 bridgehead atoms. The minimum absolute atomic E-state index is 0.131. The van der Waals surface area contributed by atoms with Crippen LogP contribution in [0.4, 0.5) is 10.1 Å². The first-order valence-electron chi connectivity index (χ1n) is 7.52. The fourth-order valence-electron chi connectivity index (χ4n) is 2.06. The van der Waals surface area contributed by atoms with Crippen molar-refractivity contribution in [2.24, 2.45) is 0 Å². The monoisotopic (exact) mass is 333 g/mol. The molecule has 0 fully saturated rings. The number of benzene rings is 2. The molecule has 2 aromatic carbocycles. The molecule has 128 valence electrons. The van der Waals surface area contributed by atoms with E-state index < -0.39 is 0 Å². The number of nitrogens with one attached hydrogen (secondary N) is 1. The Bertz CT molecular complexity index is 651. The first-order valence-corrected chi connectivity index (χ1v) is 7.52. The molecule has 2 aromatic rings. The Morgan fingerprint density at radius 2 is 1.62 bits per heavy atom. The molecule has 0 heterocycles. The maximum Gasteiger partial charge on any atom is 0.224 e. The van der Waals surface area contributed by atoms with Gasteiger partial charge in [-0.25, -0.2) is 4.39 Å². The lowest BCUT2D eigenvalue weighted by atomic mass is 10.2. The van der Waals surface area contributed by atoms with Crippen LogP contribution in [0.15, 0.2) is 42.5 Å². The fraction of sp³-hybridized carbons (Fsp3) is 0.278. The van der Waals surface area contributed by atoms with Crippen molar-refractivity contribution in [3.63, 3.8) is 0 Å². The van der Waals surface area contributed by atoms with Gasteiger partial charge in [-0.15, -0.1) is 0 Å². The van der Waals surface area contributed by atoms with Gasteiger partial charge in [-0.05, 0) is 30.7 Å². The van der Waals surface area contributed by atoms with Crippen molar-refractivity contribution in [1.82, 2.24) is 0 Å². The molecule has 0 aliphatic carbocycles. The first kappa shape index (κ1) is 17.6. The van der Waals surface area contributed by atoms with Gasteiger partial charge in [-0.1, -0.05) is 0 Å². The Morgan fingerprint density at radius 3 is 2.21 bits per heavy atom. The second-order valence-corrected chi connectivity index (χ2v) is 5.06. The normalized spacial score (nSPS) is 10.1. The Hall–Kier alpha value is -2.76. The largest absolute Gasteiger partial charge is 0.497 e. The molecule has 6 heteroatoms. The highest BCUT2D eigenvalue weighted by Crippen LogP contribution is 2.25. The van der Waals surface area contributed by atoms with E-state index in [2.05, 4.69) is 5.32 Å². The predicted octanol–water partition coefficient (Wildman–Crippen LogP) is 3.64. The van der Waals surface area contributed by atoms with E-state index in [4.69, 9.17) is 14.2 Å². The van der Waals surface area contributed by atoms with Crippen LogP contribution in [0.5, 0.6) is 17.2 Å². The van der Waals surface area contributed by atoms with Gasteiger partial charge in [0.25, 0.3) is 0 Å². The van der Waals surface area contributed by atoms with E-state index in [0.717, 1.165) is 0 Å². The van der Waals surface area contributed by atoms with Gasteiger partial charge in [0.15, 0.2) is 0 Å². The van der Waals surface area contributed by atoms with Crippen LogP contribution in [-0.4, -0.2) is 26.7 Å². The molecule has 1 N–H and O–H groups in total. The minimum atomic E-state index is -0.310. The number of anilines is 1. The molecule has 0 aromatic heterocycles. The number of carbonyl (C=O) groups excluding carboxylic acids is 1. The number of amides is 1. The number of halogens is 1. The lowest BCUT2D eigenvalue weighted by molar-refractivity contribution is -0.116. The SMILES string of the molecule is COc1cc(NC(=O)CCCOc2ccc(F)cc2)cc(OC)c1. The van der Waals surface area contributed by atoms with E-state index in [1.165, 1.54) is 12.1 Å². The van der Waals surface area contributed by atoms with E-state index >= 15 is 0 Å². The van der Waals surface area contributed by atoms with Crippen molar-refractivity contribution in [1.29, 1.82) is 0 Å². The van der Waals surface area contributed by atoms with Crippen molar-refractivity contribution in [3.05, 3.63) is 48.3 Å². The quantitative estimate of drug-likeness (QED) is 0.749. The Morgan fingerprint density at radius 1 is 1.00 bits per heavy atom. The number of carbonyl (C=O) groups is 1. The Kier molecular flexibility index (Phi) is 6.42. The number of rotatable bonds is 8. The standard InChI is InChI=1S/C18H20FNO4/c1-22-16-10-14(11-17(12-16)23-2)20-18(21)4-3-9-24-15-7-5-13(19)6-8-15/h5-8,10-12H,3-4,9H2,1-2H3,(H,20,21). The topological polar surface area (TPSA) is 56.8 Å². The lowest BCUT2D eigenvalue weighted by Crippen LogP contribution is -2.13. The van der Waals surface area contributed by atoms with Crippen LogP contribution in [-0.2, 0) is 4.79 Å². The van der Waals surface area contributed by atoms with Crippen LogP contribution in [0.1, 0.15) is 12.8 Å². The summed E-state index contributed by atoms with van der Waals surface area (Å²) in [5.41, 5.74) is 0.607. The van der Waals surface area contributed by atoms with Crippen molar-refractivity contribution >= 4 is 11.6 Å². The van der Waals surface area contributed by atoms with Gasteiger partial charge in [0, 0.05) is 30.3 Å². The molecule has 0 unspecified atom stereocenters. The summed E-state index contributed by atoms with van der Waals surface area (Å²) in [6.07, 6.45) is 0.852. The third-order valence-corrected chi connectivity index (χ3v) is 3.27. The van der Waals surface area contributed by atoms with Gasteiger partial charge in [-0.3, -0.25) is 4.79 Å². The van der Waals surface area contributed by atoms with Crippen LogP contribution in [0, 0.1) is 5.82 Å². The van der Waals surface area contributed by atoms with E-state index in [-0.39, 0.29) is 11.7 Å². The van der Waals surface area contributed by atoms with Crippen molar-refractivity contribution in [2.45, 2.75) is 12.8 Å². The molecule has 0 atom stereocenters. The molecule has 1 amide bonds. The van der Waals surface area contributed by atoms with Crippen LogP contribution in [0.3, 0.4) is 0 Å². The van der Waals surface area contributed by atoms with Crippen molar-refractivity contribution in [3.8, 4) is 17.2 Å². The number of hydrogen-bond acceptors (Lipinski definition) is 4. The highest BCUT2D eigenvalue weighted by atomic mass is 19.1. The summed E-state index contributed by atoms with van der Waals surface area (Å²) in [5.74, 6) is 1.34.